The maximum absolute atomic E-state index is 11.9. The number of halogens is 1. The predicted molar refractivity (Wildman–Crippen MR) is 84.5 cm³/mol. The van der Waals surface area contributed by atoms with Gasteiger partial charge in [0.1, 0.15) is 11.8 Å². The number of rotatable bonds is 3. The number of ether oxygens (including phenoxy) is 1. The molecule has 21 heavy (non-hydrogen) atoms. The number of nitriles is 1. The lowest BCUT2D eigenvalue weighted by Gasteiger charge is -2.09. The van der Waals surface area contributed by atoms with Gasteiger partial charge < -0.3 is 15.4 Å². The number of carbonyl (C=O) groups is 1. The van der Waals surface area contributed by atoms with E-state index in [2.05, 4.69) is 26.6 Å². The molecule has 2 aromatic carbocycles. The number of amides is 2. The fourth-order valence-electron chi connectivity index (χ4n) is 1.68. The molecule has 0 saturated carbocycles. The second-order valence-corrected chi connectivity index (χ2v) is 5.03. The van der Waals surface area contributed by atoms with Gasteiger partial charge in [-0.2, -0.15) is 5.26 Å². The Hall–Kier alpha value is -2.52. The molecule has 2 amide bonds. The zero-order valence-electron chi connectivity index (χ0n) is 11.2. The molecule has 2 rings (SSSR count). The Kier molecular flexibility index (Phi) is 4.80. The third-order valence-electron chi connectivity index (χ3n) is 2.70. The fourth-order valence-corrected chi connectivity index (χ4v) is 2.04. The lowest BCUT2D eigenvalue weighted by atomic mass is 10.2. The summed E-state index contributed by atoms with van der Waals surface area (Å²) >= 11 is 3.28. The first kappa shape index (κ1) is 14.9. The Morgan fingerprint density at radius 1 is 1.19 bits per heavy atom. The zero-order chi connectivity index (χ0) is 15.2. The Morgan fingerprint density at radius 2 is 1.90 bits per heavy atom. The van der Waals surface area contributed by atoms with Gasteiger partial charge in [-0.25, -0.2) is 4.79 Å². The largest absolute Gasteiger partial charge is 0.497 e. The molecule has 0 aliphatic heterocycles. The van der Waals surface area contributed by atoms with E-state index in [1.807, 2.05) is 6.07 Å². The number of hydrogen-bond acceptors (Lipinski definition) is 3. The molecule has 0 saturated heterocycles. The van der Waals surface area contributed by atoms with E-state index in [1.165, 1.54) is 0 Å². The molecule has 0 radical (unpaired) electrons. The van der Waals surface area contributed by atoms with Gasteiger partial charge in [-0.3, -0.25) is 0 Å². The molecular formula is C15H12BrN3O2. The topological polar surface area (TPSA) is 74.2 Å². The maximum Gasteiger partial charge on any atom is 0.323 e. The lowest BCUT2D eigenvalue weighted by Crippen LogP contribution is -2.19. The van der Waals surface area contributed by atoms with E-state index in [0.717, 1.165) is 4.47 Å². The van der Waals surface area contributed by atoms with E-state index < -0.39 is 6.03 Å². The highest BCUT2D eigenvalue weighted by molar-refractivity contribution is 9.10. The van der Waals surface area contributed by atoms with Gasteiger partial charge in [0, 0.05) is 10.2 Å². The van der Waals surface area contributed by atoms with Gasteiger partial charge in [-0.05, 0) is 42.5 Å². The highest BCUT2D eigenvalue weighted by Crippen LogP contribution is 2.21. The van der Waals surface area contributed by atoms with Crippen LogP contribution in [0.3, 0.4) is 0 Å². The van der Waals surface area contributed by atoms with Gasteiger partial charge in [0.2, 0.25) is 0 Å². The van der Waals surface area contributed by atoms with Gasteiger partial charge in [0.05, 0.1) is 18.4 Å². The van der Waals surface area contributed by atoms with Gasteiger partial charge in [0.15, 0.2) is 0 Å². The molecule has 2 N–H and O–H groups in total. The van der Waals surface area contributed by atoms with Crippen LogP contribution in [0.5, 0.6) is 5.75 Å². The van der Waals surface area contributed by atoms with Crippen molar-refractivity contribution in [3.05, 3.63) is 52.5 Å². The number of nitrogens with zero attached hydrogens (tertiary/aromatic N) is 1. The smallest absolute Gasteiger partial charge is 0.323 e. The van der Waals surface area contributed by atoms with Crippen LogP contribution >= 0.6 is 15.9 Å². The summed E-state index contributed by atoms with van der Waals surface area (Å²) in [6.07, 6.45) is 0. The molecule has 6 heteroatoms. The van der Waals surface area contributed by atoms with Gasteiger partial charge in [-0.15, -0.1) is 0 Å². The summed E-state index contributed by atoms with van der Waals surface area (Å²) in [5, 5.41) is 14.4. The monoisotopic (exact) mass is 345 g/mol. The molecule has 0 aliphatic rings. The summed E-state index contributed by atoms with van der Waals surface area (Å²) in [5.41, 5.74) is 1.46. The minimum atomic E-state index is -0.418. The summed E-state index contributed by atoms with van der Waals surface area (Å²) in [4.78, 5) is 11.9. The highest BCUT2D eigenvalue weighted by atomic mass is 79.9. The molecule has 0 unspecified atom stereocenters. The van der Waals surface area contributed by atoms with Gasteiger partial charge in [-0.1, -0.05) is 15.9 Å². The van der Waals surface area contributed by atoms with Crippen molar-refractivity contribution in [3.8, 4) is 11.8 Å². The van der Waals surface area contributed by atoms with Crippen molar-refractivity contribution in [1.29, 1.82) is 5.26 Å². The van der Waals surface area contributed by atoms with E-state index in [9.17, 15) is 4.79 Å². The summed E-state index contributed by atoms with van der Waals surface area (Å²) in [6.45, 7) is 0. The van der Waals surface area contributed by atoms with E-state index in [-0.39, 0.29) is 0 Å². The van der Waals surface area contributed by atoms with Gasteiger partial charge >= 0.3 is 6.03 Å². The second-order valence-electron chi connectivity index (χ2n) is 4.11. The van der Waals surface area contributed by atoms with Crippen LogP contribution in [0.25, 0.3) is 0 Å². The van der Waals surface area contributed by atoms with Crippen LogP contribution in [-0.2, 0) is 0 Å². The SMILES string of the molecule is COc1ccc(NC(=O)Nc2ccc(Br)cc2C#N)cc1. The van der Waals surface area contributed by atoms with Crippen molar-refractivity contribution in [2.24, 2.45) is 0 Å². The van der Waals surface area contributed by atoms with Crippen LogP contribution < -0.4 is 15.4 Å². The molecule has 5 nitrogen and oxygen atoms in total. The number of benzene rings is 2. The molecule has 0 spiro atoms. The number of anilines is 2. The average Bonchev–Trinajstić information content (AvgIpc) is 2.49. The first-order valence-electron chi connectivity index (χ1n) is 6.04. The van der Waals surface area contributed by atoms with Crippen LogP contribution in [0, 0.1) is 11.3 Å². The van der Waals surface area contributed by atoms with Crippen molar-refractivity contribution in [1.82, 2.24) is 0 Å². The molecule has 0 aliphatic carbocycles. The number of urea groups is 1. The van der Waals surface area contributed by atoms with Crippen molar-refractivity contribution in [3.63, 3.8) is 0 Å². The Bertz CT molecular complexity index is 693. The lowest BCUT2D eigenvalue weighted by molar-refractivity contribution is 0.262. The number of hydrogen-bond donors (Lipinski definition) is 2. The van der Waals surface area contributed by atoms with Crippen LogP contribution in [0.4, 0.5) is 16.2 Å². The maximum atomic E-state index is 11.9. The standard InChI is InChI=1S/C15H12BrN3O2/c1-21-13-5-3-12(4-6-13)18-15(20)19-14-7-2-11(16)8-10(14)9-17/h2-8H,1H3,(H2,18,19,20). The summed E-state index contributed by atoms with van der Waals surface area (Å²) in [6, 6.07) is 13.6. The highest BCUT2D eigenvalue weighted by Gasteiger charge is 2.07. The summed E-state index contributed by atoms with van der Waals surface area (Å²) in [5.74, 6) is 0.709. The fraction of sp³-hybridized carbons (Fsp3) is 0.0667. The molecule has 0 aromatic heterocycles. The third kappa shape index (κ3) is 3.97. The quantitative estimate of drug-likeness (QED) is 0.883. The number of carbonyl (C=O) groups excluding carboxylic acids is 1. The Labute approximate surface area is 130 Å². The van der Waals surface area contributed by atoms with Crippen molar-refractivity contribution in [2.45, 2.75) is 0 Å². The number of methoxy groups -OCH3 is 1. The van der Waals surface area contributed by atoms with Crippen LogP contribution in [0.15, 0.2) is 46.9 Å². The minimum Gasteiger partial charge on any atom is -0.497 e. The van der Waals surface area contributed by atoms with Crippen LogP contribution in [0.2, 0.25) is 0 Å². The first-order valence-corrected chi connectivity index (χ1v) is 6.83. The molecule has 0 fully saturated rings. The van der Waals surface area contributed by atoms with E-state index in [0.29, 0.717) is 22.7 Å². The molecular weight excluding hydrogens is 334 g/mol. The Morgan fingerprint density at radius 3 is 2.52 bits per heavy atom. The van der Waals surface area contributed by atoms with Crippen LogP contribution in [-0.4, -0.2) is 13.1 Å². The molecule has 2 aromatic rings. The summed E-state index contributed by atoms with van der Waals surface area (Å²) in [7, 11) is 1.58. The minimum absolute atomic E-state index is 0.384. The van der Waals surface area contributed by atoms with E-state index >= 15 is 0 Å². The van der Waals surface area contributed by atoms with Crippen LogP contribution in [0.1, 0.15) is 5.56 Å². The van der Waals surface area contributed by atoms with E-state index in [4.69, 9.17) is 10.00 Å². The van der Waals surface area contributed by atoms with Crippen molar-refractivity contribution < 1.29 is 9.53 Å². The predicted octanol–water partition coefficient (Wildman–Crippen LogP) is 3.97. The van der Waals surface area contributed by atoms with E-state index in [1.54, 1.807) is 49.6 Å². The molecule has 106 valence electrons. The van der Waals surface area contributed by atoms with Crippen molar-refractivity contribution >= 4 is 33.3 Å². The molecule has 0 bridgehead atoms. The zero-order valence-corrected chi connectivity index (χ0v) is 12.8. The third-order valence-corrected chi connectivity index (χ3v) is 3.19. The summed E-state index contributed by atoms with van der Waals surface area (Å²) < 4.78 is 5.82. The Balaban J connectivity index is 2.06. The van der Waals surface area contributed by atoms with Crippen molar-refractivity contribution in [2.75, 3.05) is 17.7 Å². The van der Waals surface area contributed by atoms with Gasteiger partial charge in [0.25, 0.3) is 0 Å². The first-order chi connectivity index (χ1) is 10.1. The number of nitrogens with one attached hydrogen (secondary N) is 2. The molecule has 0 atom stereocenters. The average molecular weight is 346 g/mol. The second kappa shape index (κ2) is 6.77. The normalized spacial score (nSPS) is 9.57. The molecule has 0 heterocycles.